The number of allylic oxidation sites excluding steroid dienone is 3. The Kier molecular flexibility index (Phi) is 7.51. The van der Waals surface area contributed by atoms with Crippen molar-refractivity contribution in [3.8, 4) is 23.0 Å². The third-order valence-electron chi connectivity index (χ3n) is 7.53. The maximum Gasteiger partial charge on any atom is 0.254 e. The fraction of sp³-hybridized carbons (Fsp3) is 0.250. The van der Waals surface area contributed by atoms with Crippen molar-refractivity contribution in [1.29, 1.82) is 0 Å². The number of para-hydroxylation sites is 2. The summed E-state index contributed by atoms with van der Waals surface area (Å²) in [6, 6.07) is 19.6. The summed E-state index contributed by atoms with van der Waals surface area (Å²) in [5.74, 6) is 0.816. The second kappa shape index (κ2) is 11.2. The summed E-state index contributed by atoms with van der Waals surface area (Å²) in [7, 11) is 4.72. The molecule has 0 spiro atoms. The predicted octanol–water partition coefficient (Wildman–Crippen LogP) is 5.42. The number of anilines is 1. The van der Waals surface area contributed by atoms with Crippen LogP contribution in [0.2, 0.25) is 0 Å². The van der Waals surface area contributed by atoms with E-state index in [0.717, 1.165) is 16.8 Å². The minimum absolute atomic E-state index is 0.0401. The van der Waals surface area contributed by atoms with Crippen LogP contribution in [0.5, 0.6) is 23.0 Å². The molecule has 3 N–H and O–H groups in total. The Labute approximate surface area is 233 Å². The fourth-order valence-electron chi connectivity index (χ4n) is 5.62. The fourth-order valence-corrected chi connectivity index (χ4v) is 5.62. The second-order valence-electron chi connectivity index (χ2n) is 9.88. The summed E-state index contributed by atoms with van der Waals surface area (Å²) < 4.78 is 16.3. The van der Waals surface area contributed by atoms with Gasteiger partial charge in [0.2, 0.25) is 0 Å². The first-order chi connectivity index (χ1) is 19.3. The van der Waals surface area contributed by atoms with Gasteiger partial charge in [-0.15, -0.1) is 0 Å². The molecular weight excluding hydrogens is 508 g/mol. The number of hydrogen-bond acceptors (Lipinski definition) is 7. The number of aromatic hydroxyl groups is 1. The molecule has 1 aliphatic carbocycles. The molecule has 206 valence electrons. The summed E-state index contributed by atoms with van der Waals surface area (Å²) in [5, 5.41) is 16.3. The molecule has 0 aromatic heterocycles. The van der Waals surface area contributed by atoms with Gasteiger partial charge in [0.15, 0.2) is 17.3 Å². The molecule has 1 amide bonds. The van der Waals surface area contributed by atoms with E-state index in [2.05, 4.69) is 10.6 Å². The lowest BCUT2D eigenvalue weighted by atomic mass is 9.71. The highest BCUT2D eigenvalue weighted by Crippen LogP contribution is 2.46. The van der Waals surface area contributed by atoms with Crippen LogP contribution < -0.4 is 24.8 Å². The second-order valence-corrected chi connectivity index (χ2v) is 9.88. The van der Waals surface area contributed by atoms with E-state index < -0.39 is 5.92 Å². The van der Waals surface area contributed by atoms with Crippen molar-refractivity contribution < 1.29 is 28.9 Å². The Bertz CT molecular complexity index is 1520. The van der Waals surface area contributed by atoms with Gasteiger partial charge in [-0.1, -0.05) is 30.3 Å². The van der Waals surface area contributed by atoms with E-state index in [4.69, 9.17) is 14.2 Å². The summed E-state index contributed by atoms with van der Waals surface area (Å²) in [6.07, 6.45) is 0.870. The molecule has 0 saturated carbocycles. The molecule has 5 rings (SSSR count). The number of phenols is 1. The van der Waals surface area contributed by atoms with Gasteiger partial charge in [-0.3, -0.25) is 9.59 Å². The Morgan fingerprint density at radius 3 is 2.25 bits per heavy atom. The normalized spacial score (nSPS) is 18.6. The number of hydrogen-bond donors (Lipinski definition) is 3. The highest BCUT2D eigenvalue weighted by molar-refractivity contribution is 6.10. The number of phenolic OH excluding ortho intramolecular Hbond substituents is 1. The number of methoxy groups -OCH3 is 3. The number of dihydropyridines is 1. The van der Waals surface area contributed by atoms with Gasteiger partial charge in [0.25, 0.3) is 5.91 Å². The third kappa shape index (κ3) is 5.00. The average molecular weight is 541 g/mol. The number of Topliss-reactive ketones (excluding diaryl/α,β-unsaturated/α-hetero) is 1. The number of benzene rings is 3. The van der Waals surface area contributed by atoms with Gasteiger partial charge < -0.3 is 30.0 Å². The lowest BCUT2D eigenvalue weighted by Crippen LogP contribution is -2.37. The molecule has 1 heterocycles. The minimum Gasteiger partial charge on any atom is -0.508 e. The Hall–Kier alpha value is -4.72. The minimum atomic E-state index is -0.606. The number of ether oxygens (including phenoxy) is 3. The molecule has 1 aliphatic heterocycles. The van der Waals surface area contributed by atoms with Crippen molar-refractivity contribution in [1.82, 2.24) is 5.32 Å². The van der Waals surface area contributed by atoms with Gasteiger partial charge in [0.05, 0.1) is 27.0 Å². The maximum atomic E-state index is 13.9. The van der Waals surface area contributed by atoms with Crippen LogP contribution in [0.15, 0.2) is 89.3 Å². The van der Waals surface area contributed by atoms with Gasteiger partial charge in [-0.25, -0.2) is 0 Å². The van der Waals surface area contributed by atoms with E-state index >= 15 is 0 Å². The quantitative estimate of drug-likeness (QED) is 0.368. The van der Waals surface area contributed by atoms with E-state index in [1.807, 2.05) is 37.3 Å². The van der Waals surface area contributed by atoms with Crippen LogP contribution >= 0.6 is 0 Å². The molecule has 0 fully saturated rings. The SMILES string of the molecule is COc1ccccc1NC(=O)C1=C(C)NC2=C(C(=O)C[C@@H](c3ccc(OC)c(OC)c3)C2)[C@@H]1c1ccc(O)cc1. The molecule has 3 aromatic carbocycles. The van der Waals surface area contributed by atoms with Gasteiger partial charge in [-0.2, -0.15) is 0 Å². The molecular formula is C32H32N2O6. The van der Waals surface area contributed by atoms with Crippen molar-refractivity contribution in [3.05, 3.63) is 100 Å². The Morgan fingerprint density at radius 2 is 1.55 bits per heavy atom. The molecule has 0 saturated heterocycles. The van der Waals surface area contributed by atoms with Crippen LogP contribution in [0.25, 0.3) is 0 Å². The van der Waals surface area contributed by atoms with Crippen LogP contribution in [-0.4, -0.2) is 38.1 Å². The van der Waals surface area contributed by atoms with Crippen LogP contribution in [-0.2, 0) is 9.59 Å². The predicted molar refractivity (Wildman–Crippen MR) is 152 cm³/mol. The lowest BCUT2D eigenvalue weighted by Gasteiger charge is -2.37. The standard InChI is InChI=1S/C32H32N2O6/c1-18-29(32(37)34-23-7-5-6-8-26(23)38-2)30(19-9-12-22(35)13-10-19)31-24(33-18)15-21(16-25(31)36)20-11-14-27(39-3)28(17-20)40-4/h5-14,17,21,30,33,35H,15-16H2,1-4H3,(H,34,37)/t21-,30+/m0/s1. The highest BCUT2D eigenvalue weighted by atomic mass is 16.5. The first-order valence-corrected chi connectivity index (χ1v) is 13.0. The van der Waals surface area contributed by atoms with E-state index in [9.17, 15) is 14.7 Å². The zero-order chi connectivity index (χ0) is 28.4. The van der Waals surface area contributed by atoms with Crippen molar-refractivity contribution in [2.24, 2.45) is 0 Å². The first-order valence-electron chi connectivity index (χ1n) is 13.0. The van der Waals surface area contributed by atoms with Gasteiger partial charge in [0.1, 0.15) is 11.5 Å². The molecule has 0 radical (unpaired) electrons. The zero-order valence-corrected chi connectivity index (χ0v) is 22.9. The van der Waals surface area contributed by atoms with E-state index in [0.29, 0.717) is 46.2 Å². The van der Waals surface area contributed by atoms with Crippen LogP contribution in [0.1, 0.15) is 42.7 Å². The molecule has 8 nitrogen and oxygen atoms in total. The molecule has 2 atom stereocenters. The Morgan fingerprint density at radius 1 is 0.875 bits per heavy atom. The van der Waals surface area contributed by atoms with Crippen molar-refractivity contribution in [2.45, 2.75) is 31.6 Å². The first kappa shape index (κ1) is 26.9. The zero-order valence-electron chi connectivity index (χ0n) is 22.9. The summed E-state index contributed by atoms with van der Waals surface area (Å²) in [6.45, 7) is 1.85. The van der Waals surface area contributed by atoms with Crippen LogP contribution in [0.3, 0.4) is 0 Å². The number of ketones is 1. The Balaban J connectivity index is 1.54. The summed E-state index contributed by atoms with van der Waals surface area (Å²) in [5.41, 5.74) is 4.70. The molecule has 2 aliphatic rings. The smallest absolute Gasteiger partial charge is 0.254 e. The van der Waals surface area contributed by atoms with Gasteiger partial charge in [-0.05, 0) is 66.8 Å². The number of amides is 1. The third-order valence-corrected chi connectivity index (χ3v) is 7.53. The number of carbonyl (C=O) groups excluding carboxylic acids is 2. The topological polar surface area (TPSA) is 106 Å². The number of rotatable bonds is 7. The largest absolute Gasteiger partial charge is 0.508 e. The maximum absolute atomic E-state index is 13.9. The highest BCUT2D eigenvalue weighted by Gasteiger charge is 2.41. The molecule has 8 heteroatoms. The van der Waals surface area contributed by atoms with E-state index in [1.165, 1.54) is 0 Å². The van der Waals surface area contributed by atoms with Crippen molar-refractivity contribution in [3.63, 3.8) is 0 Å². The van der Waals surface area contributed by atoms with Crippen molar-refractivity contribution in [2.75, 3.05) is 26.6 Å². The molecule has 40 heavy (non-hydrogen) atoms. The number of nitrogens with one attached hydrogen (secondary N) is 2. The summed E-state index contributed by atoms with van der Waals surface area (Å²) in [4.78, 5) is 27.7. The van der Waals surface area contributed by atoms with Gasteiger partial charge in [0, 0.05) is 34.9 Å². The van der Waals surface area contributed by atoms with Gasteiger partial charge >= 0.3 is 0 Å². The molecule has 3 aromatic rings. The van der Waals surface area contributed by atoms with E-state index in [-0.39, 0.29) is 29.8 Å². The molecule has 0 bridgehead atoms. The average Bonchev–Trinajstić information content (AvgIpc) is 2.96. The number of carbonyl (C=O) groups is 2. The van der Waals surface area contributed by atoms with Crippen molar-refractivity contribution >= 4 is 17.4 Å². The molecule has 0 unspecified atom stereocenters. The van der Waals surface area contributed by atoms with E-state index in [1.54, 1.807) is 57.7 Å². The van der Waals surface area contributed by atoms with Crippen LogP contribution in [0.4, 0.5) is 5.69 Å². The van der Waals surface area contributed by atoms with Crippen LogP contribution in [0, 0.1) is 0 Å². The summed E-state index contributed by atoms with van der Waals surface area (Å²) >= 11 is 0. The monoisotopic (exact) mass is 540 g/mol. The lowest BCUT2D eigenvalue weighted by molar-refractivity contribution is -0.116.